The van der Waals surface area contributed by atoms with E-state index in [2.05, 4.69) is 38.2 Å². The van der Waals surface area contributed by atoms with E-state index in [1.165, 1.54) is 16.2 Å². The van der Waals surface area contributed by atoms with Gasteiger partial charge in [-0.25, -0.2) is 4.98 Å². The average Bonchev–Trinajstić information content (AvgIpc) is 3.51. The molecule has 0 aromatic carbocycles. The van der Waals surface area contributed by atoms with Crippen molar-refractivity contribution in [3.05, 3.63) is 63.7 Å². The van der Waals surface area contributed by atoms with Crippen LogP contribution in [0.3, 0.4) is 0 Å². The van der Waals surface area contributed by atoms with E-state index < -0.39 is 0 Å². The van der Waals surface area contributed by atoms with Gasteiger partial charge in [-0.2, -0.15) is 0 Å². The molecule has 4 aromatic rings. The number of thiazole rings is 1. The fourth-order valence-electron chi connectivity index (χ4n) is 3.24. The lowest BCUT2D eigenvalue weighted by Crippen LogP contribution is -2.24. The Morgan fingerprint density at radius 2 is 2.13 bits per heavy atom. The lowest BCUT2D eigenvalue weighted by molar-refractivity contribution is 0.0952. The standard InChI is InChI=1S/C22H23N5OS2/c1-3-4-7-25-21(28)17-11-20(27(15(17)2)13-16-6-5-10-29-16)19-14-30-22(26-19)18-12-23-8-9-24-18/h5-6,8-12,14H,3-4,7,13H2,1-2H3,(H,25,28). The SMILES string of the molecule is CCCCNC(=O)c1cc(-c2csc(-c3cnccn3)n2)n(Cc2cccs2)c1C. The molecule has 30 heavy (non-hydrogen) atoms. The number of unbranched alkanes of at least 4 members (excludes halogenated alkanes) is 1. The molecule has 0 atom stereocenters. The minimum atomic E-state index is -0.0310. The quantitative estimate of drug-likeness (QED) is 0.393. The topological polar surface area (TPSA) is 72.7 Å². The van der Waals surface area contributed by atoms with Crippen molar-refractivity contribution in [1.82, 2.24) is 24.8 Å². The summed E-state index contributed by atoms with van der Waals surface area (Å²) in [5.74, 6) is -0.0310. The molecule has 8 heteroatoms. The van der Waals surface area contributed by atoms with Gasteiger partial charge in [0, 0.05) is 34.9 Å². The van der Waals surface area contributed by atoms with Crippen molar-refractivity contribution in [2.24, 2.45) is 0 Å². The van der Waals surface area contributed by atoms with Crippen LogP contribution in [0, 0.1) is 6.92 Å². The van der Waals surface area contributed by atoms with E-state index in [-0.39, 0.29) is 5.91 Å². The molecule has 0 unspecified atom stereocenters. The smallest absolute Gasteiger partial charge is 0.253 e. The number of hydrogen-bond acceptors (Lipinski definition) is 6. The van der Waals surface area contributed by atoms with Gasteiger partial charge in [0.15, 0.2) is 0 Å². The van der Waals surface area contributed by atoms with Gasteiger partial charge in [-0.15, -0.1) is 22.7 Å². The van der Waals surface area contributed by atoms with E-state index in [9.17, 15) is 4.79 Å². The third-order valence-corrected chi connectivity index (χ3v) is 6.60. The van der Waals surface area contributed by atoms with E-state index in [1.807, 2.05) is 24.4 Å². The van der Waals surface area contributed by atoms with Crippen LogP contribution in [0.5, 0.6) is 0 Å². The molecule has 0 bridgehead atoms. The summed E-state index contributed by atoms with van der Waals surface area (Å²) in [6.45, 7) is 5.51. The van der Waals surface area contributed by atoms with Crippen molar-refractivity contribution in [1.29, 1.82) is 0 Å². The van der Waals surface area contributed by atoms with Gasteiger partial charge in [0.05, 0.1) is 29.7 Å². The average molecular weight is 438 g/mol. The molecule has 4 aromatic heterocycles. The molecule has 154 valence electrons. The fraction of sp³-hybridized carbons (Fsp3) is 0.273. The van der Waals surface area contributed by atoms with Crippen molar-refractivity contribution in [3.8, 4) is 22.1 Å². The van der Waals surface area contributed by atoms with Gasteiger partial charge >= 0.3 is 0 Å². The van der Waals surface area contributed by atoms with E-state index in [4.69, 9.17) is 4.98 Å². The lowest BCUT2D eigenvalue weighted by Gasteiger charge is -2.10. The predicted octanol–water partition coefficient (Wildman–Crippen LogP) is 5.02. The first-order valence-electron chi connectivity index (χ1n) is 9.90. The second-order valence-corrected chi connectivity index (χ2v) is 8.82. The van der Waals surface area contributed by atoms with Crippen LogP contribution in [0.1, 0.15) is 40.7 Å². The number of nitrogens with zero attached hydrogens (tertiary/aromatic N) is 4. The molecule has 4 heterocycles. The van der Waals surface area contributed by atoms with Gasteiger partial charge in [-0.05, 0) is 30.9 Å². The zero-order chi connectivity index (χ0) is 20.9. The molecule has 0 spiro atoms. The largest absolute Gasteiger partial charge is 0.352 e. The zero-order valence-corrected chi connectivity index (χ0v) is 18.6. The Kier molecular flexibility index (Phi) is 6.35. The van der Waals surface area contributed by atoms with Gasteiger partial charge in [-0.3, -0.25) is 14.8 Å². The highest BCUT2D eigenvalue weighted by Crippen LogP contribution is 2.31. The van der Waals surface area contributed by atoms with E-state index in [0.29, 0.717) is 18.7 Å². The number of aromatic nitrogens is 4. The van der Waals surface area contributed by atoms with Crippen molar-refractivity contribution in [2.75, 3.05) is 6.54 Å². The maximum atomic E-state index is 12.8. The molecule has 0 aliphatic carbocycles. The maximum absolute atomic E-state index is 12.8. The molecule has 4 rings (SSSR count). The summed E-state index contributed by atoms with van der Waals surface area (Å²) in [5.41, 5.74) is 4.17. The highest BCUT2D eigenvalue weighted by molar-refractivity contribution is 7.13. The molecule has 1 N–H and O–H groups in total. The highest BCUT2D eigenvalue weighted by Gasteiger charge is 2.20. The number of carbonyl (C=O) groups excluding carboxylic acids is 1. The van der Waals surface area contributed by atoms with Crippen molar-refractivity contribution in [3.63, 3.8) is 0 Å². The Bertz CT molecular complexity index is 1120. The van der Waals surface area contributed by atoms with Crippen LogP contribution in [-0.4, -0.2) is 32.0 Å². The van der Waals surface area contributed by atoms with E-state index in [0.717, 1.165) is 40.6 Å². The Labute approximate surface area is 183 Å². The van der Waals surface area contributed by atoms with Gasteiger partial charge in [-0.1, -0.05) is 19.4 Å². The molecule has 1 amide bonds. The highest BCUT2D eigenvalue weighted by atomic mass is 32.1. The van der Waals surface area contributed by atoms with Crippen LogP contribution in [-0.2, 0) is 6.54 Å². The number of thiophene rings is 1. The van der Waals surface area contributed by atoms with Crippen LogP contribution >= 0.6 is 22.7 Å². The van der Waals surface area contributed by atoms with E-state index >= 15 is 0 Å². The summed E-state index contributed by atoms with van der Waals surface area (Å²) in [5, 5.41) is 7.94. The molecule has 0 fully saturated rings. The van der Waals surface area contributed by atoms with Crippen LogP contribution in [0.2, 0.25) is 0 Å². The third kappa shape index (κ3) is 4.34. The number of nitrogens with one attached hydrogen (secondary N) is 1. The number of amides is 1. The minimum Gasteiger partial charge on any atom is -0.352 e. The Hall–Kier alpha value is -2.84. The molecular formula is C22H23N5OS2. The monoisotopic (exact) mass is 437 g/mol. The molecule has 6 nitrogen and oxygen atoms in total. The molecule has 0 saturated heterocycles. The summed E-state index contributed by atoms with van der Waals surface area (Å²) in [6, 6.07) is 6.12. The van der Waals surface area contributed by atoms with Gasteiger partial charge in [0.2, 0.25) is 0 Å². The second kappa shape index (κ2) is 9.32. The second-order valence-electron chi connectivity index (χ2n) is 6.93. The Balaban J connectivity index is 1.71. The van der Waals surface area contributed by atoms with Gasteiger partial charge in [0.25, 0.3) is 5.91 Å². The van der Waals surface area contributed by atoms with Crippen molar-refractivity contribution < 1.29 is 4.79 Å². The normalized spacial score (nSPS) is 11.0. The van der Waals surface area contributed by atoms with Crippen LogP contribution in [0.4, 0.5) is 0 Å². The summed E-state index contributed by atoms with van der Waals surface area (Å²) in [7, 11) is 0. The van der Waals surface area contributed by atoms with Gasteiger partial charge in [0.1, 0.15) is 10.7 Å². The van der Waals surface area contributed by atoms with Crippen LogP contribution < -0.4 is 5.32 Å². The third-order valence-electron chi connectivity index (χ3n) is 4.87. The van der Waals surface area contributed by atoms with E-state index in [1.54, 1.807) is 29.9 Å². The first kappa shape index (κ1) is 20.4. The molecule has 0 radical (unpaired) electrons. The van der Waals surface area contributed by atoms with Crippen molar-refractivity contribution in [2.45, 2.75) is 33.2 Å². The number of rotatable bonds is 8. The molecule has 0 saturated carbocycles. The fourth-order valence-corrected chi connectivity index (χ4v) is 4.71. The summed E-state index contributed by atoms with van der Waals surface area (Å²) >= 11 is 3.24. The summed E-state index contributed by atoms with van der Waals surface area (Å²) in [6.07, 6.45) is 7.05. The summed E-state index contributed by atoms with van der Waals surface area (Å²) in [4.78, 5) is 27.3. The first-order valence-corrected chi connectivity index (χ1v) is 11.7. The first-order chi connectivity index (χ1) is 14.7. The van der Waals surface area contributed by atoms with Crippen LogP contribution in [0.25, 0.3) is 22.1 Å². The Morgan fingerprint density at radius 3 is 2.87 bits per heavy atom. The maximum Gasteiger partial charge on any atom is 0.253 e. The van der Waals surface area contributed by atoms with Crippen molar-refractivity contribution >= 4 is 28.6 Å². The van der Waals surface area contributed by atoms with Gasteiger partial charge < -0.3 is 9.88 Å². The molecule has 0 aliphatic rings. The molecular weight excluding hydrogens is 414 g/mol. The number of hydrogen-bond donors (Lipinski definition) is 1. The molecule has 0 aliphatic heterocycles. The summed E-state index contributed by atoms with van der Waals surface area (Å²) < 4.78 is 2.18. The zero-order valence-electron chi connectivity index (χ0n) is 17.0. The Morgan fingerprint density at radius 1 is 1.23 bits per heavy atom. The van der Waals surface area contributed by atoms with Crippen LogP contribution in [0.15, 0.2) is 47.5 Å². The number of carbonyl (C=O) groups is 1. The minimum absolute atomic E-state index is 0.0310. The predicted molar refractivity (Wildman–Crippen MR) is 122 cm³/mol. The lowest BCUT2D eigenvalue weighted by atomic mass is 10.2.